The Hall–Kier alpha value is -2.03. The van der Waals surface area contributed by atoms with E-state index in [1.165, 1.54) is 11.8 Å². The molecule has 0 aromatic heterocycles. The summed E-state index contributed by atoms with van der Waals surface area (Å²) < 4.78 is 29.8. The van der Waals surface area contributed by atoms with Crippen molar-refractivity contribution in [3.63, 3.8) is 0 Å². The summed E-state index contributed by atoms with van der Waals surface area (Å²) in [6.45, 7) is 0. The predicted octanol–water partition coefficient (Wildman–Crippen LogP) is 3.19. The summed E-state index contributed by atoms with van der Waals surface area (Å²) in [6.07, 6.45) is 0.0805. The molecule has 0 aliphatic carbocycles. The third-order valence-electron chi connectivity index (χ3n) is 4.93. The van der Waals surface area contributed by atoms with E-state index in [1.807, 2.05) is 29.2 Å². The molecule has 29 heavy (non-hydrogen) atoms. The van der Waals surface area contributed by atoms with Crippen LogP contribution in [0.15, 0.2) is 53.5 Å². The number of sulfone groups is 1. The topological polar surface area (TPSA) is 76.0 Å². The van der Waals surface area contributed by atoms with E-state index in [0.29, 0.717) is 27.2 Å². The zero-order chi connectivity index (χ0) is 20.6. The minimum Gasteiger partial charge on any atom is -0.495 e. The first-order valence-electron chi connectivity index (χ1n) is 9.02. The molecule has 2 heterocycles. The second kappa shape index (κ2) is 8.01. The van der Waals surface area contributed by atoms with Crippen molar-refractivity contribution in [3.05, 3.63) is 59.1 Å². The SMILES string of the molecule is COc1ccccc1N1C(=NC(=O)Cc2ccccc2Cl)S[C@H]2CS(=O)(=O)C[C@H]21. The molecule has 0 N–H and O–H groups in total. The van der Waals surface area contributed by atoms with Crippen LogP contribution in [0.1, 0.15) is 5.56 Å². The van der Waals surface area contributed by atoms with Gasteiger partial charge in [0.05, 0.1) is 36.8 Å². The number of carbonyl (C=O) groups is 1. The van der Waals surface area contributed by atoms with Crippen molar-refractivity contribution in [1.82, 2.24) is 0 Å². The first-order chi connectivity index (χ1) is 13.9. The second-order valence-corrected chi connectivity index (χ2v) is 10.7. The van der Waals surface area contributed by atoms with Crippen molar-refractivity contribution in [1.29, 1.82) is 0 Å². The maximum Gasteiger partial charge on any atom is 0.252 e. The van der Waals surface area contributed by atoms with Crippen molar-refractivity contribution < 1.29 is 17.9 Å². The highest BCUT2D eigenvalue weighted by Gasteiger charge is 2.50. The van der Waals surface area contributed by atoms with Gasteiger partial charge in [0, 0.05) is 10.3 Å². The number of thioether (sulfide) groups is 1. The van der Waals surface area contributed by atoms with Crippen LogP contribution in [0.3, 0.4) is 0 Å². The molecule has 152 valence electrons. The Labute approximate surface area is 178 Å². The lowest BCUT2D eigenvalue weighted by atomic mass is 10.1. The number of nitrogens with zero attached hydrogens (tertiary/aromatic N) is 2. The van der Waals surface area contributed by atoms with Crippen molar-refractivity contribution in [2.45, 2.75) is 17.7 Å². The molecule has 0 unspecified atom stereocenters. The smallest absolute Gasteiger partial charge is 0.252 e. The van der Waals surface area contributed by atoms with Crippen LogP contribution in [-0.4, -0.2) is 49.4 Å². The number of rotatable bonds is 4. The number of benzene rings is 2. The Morgan fingerprint density at radius 1 is 1.21 bits per heavy atom. The van der Waals surface area contributed by atoms with Crippen molar-refractivity contribution in [2.24, 2.45) is 4.99 Å². The van der Waals surface area contributed by atoms with Crippen molar-refractivity contribution in [2.75, 3.05) is 23.5 Å². The zero-order valence-electron chi connectivity index (χ0n) is 15.6. The summed E-state index contributed by atoms with van der Waals surface area (Å²) in [5, 5.41) is 0.845. The highest BCUT2D eigenvalue weighted by Crippen LogP contribution is 2.43. The Balaban J connectivity index is 1.69. The fraction of sp³-hybridized carbons (Fsp3) is 0.300. The quantitative estimate of drug-likeness (QED) is 0.712. The summed E-state index contributed by atoms with van der Waals surface area (Å²) in [5.41, 5.74) is 1.41. The number of amides is 1. The second-order valence-electron chi connectivity index (χ2n) is 6.90. The highest BCUT2D eigenvalue weighted by atomic mass is 35.5. The molecule has 0 spiro atoms. The molecule has 4 rings (SSSR count). The molecule has 2 aliphatic heterocycles. The number of hydrogen-bond acceptors (Lipinski definition) is 5. The molecule has 6 nitrogen and oxygen atoms in total. The van der Waals surface area contributed by atoms with E-state index in [4.69, 9.17) is 16.3 Å². The van der Waals surface area contributed by atoms with Crippen LogP contribution >= 0.6 is 23.4 Å². The minimum absolute atomic E-state index is 0.0282. The normalized spacial score (nSPS) is 23.9. The Bertz CT molecular complexity index is 1090. The highest BCUT2D eigenvalue weighted by molar-refractivity contribution is 8.16. The van der Waals surface area contributed by atoms with Gasteiger partial charge in [0.15, 0.2) is 15.0 Å². The number of amidine groups is 1. The number of fused-ring (bicyclic) bond motifs is 1. The van der Waals surface area contributed by atoms with Crippen LogP contribution in [0, 0.1) is 0 Å². The Morgan fingerprint density at radius 2 is 1.93 bits per heavy atom. The molecule has 1 amide bonds. The van der Waals surface area contributed by atoms with Crippen LogP contribution in [0.4, 0.5) is 5.69 Å². The molecule has 2 saturated heterocycles. The average Bonchev–Trinajstić information content (AvgIpc) is 3.14. The zero-order valence-corrected chi connectivity index (χ0v) is 18.0. The molecule has 0 bridgehead atoms. The van der Waals surface area contributed by atoms with Gasteiger partial charge in [0.25, 0.3) is 5.91 Å². The number of anilines is 1. The maximum atomic E-state index is 12.7. The van der Waals surface area contributed by atoms with Gasteiger partial charge in [0.2, 0.25) is 0 Å². The van der Waals surface area contributed by atoms with Gasteiger partial charge >= 0.3 is 0 Å². The molecular weight excluding hydrogens is 432 g/mol. The van der Waals surface area contributed by atoms with E-state index in [0.717, 1.165) is 0 Å². The van der Waals surface area contributed by atoms with Crippen LogP contribution in [0.2, 0.25) is 5.02 Å². The first kappa shape index (κ1) is 20.3. The number of para-hydroxylation sites is 2. The number of methoxy groups -OCH3 is 1. The van der Waals surface area contributed by atoms with Gasteiger partial charge < -0.3 is 9.64 Å². The van der Waals surface area contributed by atoms with E-state index in [1.54, 1.807) is 31.4 Å². The number of ether oxygens (including phenoxy) is 1. The van der Waals surface area contributed by atoms with Gasteiger partial charge in [-0.3, -0.25) is 4.79 Å². The lowest BCUT2D eigenvalue weighted by molar-refractivity contribution is -0.117. The molecule has 0 saturated carbocycles. The maximum absolute atomic E-state index is 12.7. The van der Waals surface area contributed by atoms with Gasteiger partial charge in [-0.1, -0.05) is 53.7 Å². The van der Waals surface area contributed by atoms with Gasteiger partial charge in [-0.25, -0.2) is 8.42 Å². The van der Waals surface area contributed by atoms with Crippen molar-refractivity contribution >= 4 is 50.0 Å². The number of halogens is 1. The molecular formula is C20H19ClN2O4S2. The average molecular weight is 451 g/mol. The van der Waals surface area contributed by atoms with Crippen LogP contribution in [0.5, 0.6) is 5.75 Å². The first-order valence-corrected chi connectivity index (χ1v) is 12.1. The van der Waals surface area contributed by atoms with Crippen LogP contribution in [-0.2, 0) is 21.1 Å². The lowest BCUT2D eigenvalue weighted by Gasteiger charge is -2.26. The van der Waals surface area contributed by atoms with E-state index in [-0.39, 0.29) is 35.1 Å². The number of aliphatic imine (C=N–C) groups is 1. The van der Waals surface area contributed by atoms with E-state index < -0.39 is 9.84 Å². The Morgan fingerprint density at radius 3 is 2.69 bits per heavy atom. The predicted molar refractivity (Wildman–Crippen MR) is 117 cm³/mol. The monoisotopic (exact) mass is 450 g/mol. The number of hydrogen-bond donors (Lipinski definition) is 0. The molecule has 2 atom stereocenters. The van der Waals surface area contributed by atoms with E-state index in [2.05, 4.69) is 4.99 Å². The van der Waals surface area contributed by atoms with Crippen LogP contribution in [0.25, 0.3) is 0 Å². The third kappa shape index (κ3) is 4.15. The van der Waals surface area contributed by atoms with Gasteiger partial charge in [-0.2, -0.15) is 4.99 Å². The minimum atomic E-state index is -3.13. The van der Waals surface area contributed by atoms with E-state index >= 15 is 0 Å². The Kier molecular flexibility index (Phi) is 5.59. The van der Waals surface area contributed by atoms with E-state index in [9.17, 15) is 13.2 Å². The molecule has 2 aromatic carbocycles. The summed E-state index contributed by atoms with van der Waals surface area (Å²) in [4.78, 5) is 18.8. The lowest BCUT2D eigenvalue weighted by Crippen LogP contribution is -2.38. The molecule has 2 fully saturated rings. The summed E-state index contributed by atoms with van der Waals surface area (Å²) in [7, 11) is -1.57. The fourth-order valence-corrected chi connectivity index (χ4v) is 7.75. The fourth-order valence-electron chi connectivity index (χ4n) is 3.63. The molecule has 9 heteroatoms. The van der Waals surface area contributed by atoms with Gasteiger partial charge in [-0.15, -0.1) is 0 Å². The molecule has 2 aromatic rings. The summed E-state index contributed by atoms with van der Waals surface area (Å²) >= 11 is 7.50. The number of carbonyl (C=O) groups excluding carboxylic acids is 1. The van der Waals surface area contributed by atoms with Gasteiger partial charge in [0.1, 0.15) is 5.75 Å². The van der Waals surface area contributed by atoms with Crippen LogP contribution < -0.4 is 9.64 Å². The standard InChI is InChI=1S/C20H19ClN2O4S2/c1-27-17-9-5-4-8-15(17)23-16-11-29(25,26)12-18(16)28-20(23)22-19(24)10-13-6-2-3-7-14(13)21/h2-9,16,18H,10-12H2,1H3/t16-,18+/m1/s1. The van der Waals surface area contributed by atoms with Crippen molar-refractivity contribution in [3.8, 4) is 5.75 Å². The molecule has 2 aliphatic rings. The van der Waals surface area contributed by atoms with Gasteiger partial charge in [-0.05, 0) is 23.8 Å². The summed E-state index contributed by atoms with van der Waals surface area (Å²) in [6, 6.07) is 14.2. The molecule has 0 radical (unpaired) electrons. The largest absolute Gasteiger partial charge is 0.495 e. The third-order valence-corrected chi connectivity index (χ3v) is 8.51. The summed E-state index contributed by atoms with van der Waals surface area (Å²) in [5.74, 6) is 0.374.